The number of aryl methyl sites for hydroxylation is 1. The van der Waals surface area contributed by atoms with Crippen LogP contribution in [-0.2, 0) is 11.3 Å². The highest BCUT2D eigenvalue weighted by Gasteiger charge is 2.40. The number of nitrogens with zero attached hydrogens (tertiary/aromatic N) is 1. The third-order valence-corrected chi connectivity index (χ3v) is 5.90. The van der Waals surface area contributed by atoms with Crippen molar-refractivity contribution in [1.29, 1.82) is 0 Å². The van der Waals surface area contributed by atoms with Gasteiger partial charge in [0.2, 0.25) is 0 Å². The second kappa shape index (κ2) is 6.09. The molecule has 0 aromatic heterocycles. The zero-order valence-electron chi connectivity index (χ0n) is 12.4. The molecule has 0 radical (unpaired) electrons. The van der Waals surface area contributed by atoms with E-state index in [4.69, 9.17) is 5.11 Å². The Hall–Kier alpha value is -0.870. The van der Waals surface area contributed by atoms with Crippen LogP contribution in [0.5, 0.6) is 0 Å². The summed E-state index contributed by atoms with van der Waals surface area (Å²) in [6.45, 7) is 3.10. The predicted molar refractivity (Wildman–Crippen MR) is 86.2 cm³/mol. The Labute approximate surface area is 134 Å². The Morgan fingerprint density at radius 1 is 1.33 bits per heavy atom. The van der Waals surface area contributed by atoms with Crippen molar-refractivity contribution in [2.75, 3.05) is 0 Å². The van der Waals surface area contributed by atoms with Crippen LogP contribution in [0.1, 0.15) is 43.2 Å². The van der Waals surface area contributed by atoms with E-state index in [1.54, 1.807) is 0 Å². The van der Waals surface area contributed by atoms with Gasteiger partial charge in [-0.15, -0.1) is 0 Å². The first-order valence-corrected chi connectivity index (χ1v) is 8.55. The van der Waals surface area contributed by atoms with Crippen molar-refractivity contribution >= 4 is 21.9 Å². The summed E-state index contributed by atoms with van der Waals surface area (Å²) in [5.41, 5.74) is 2.61. The van der Waals surface area contributed by atoms with Gasteiger partial charge in [0.25, 0.3) is 0 Å². The normalized spacial score (nSPS) is 28.8. The highest BCUT2D eigenvalue weighted by molar-refractivity contribution is 9.10. The fourth-order valence-electron chi connectivity index (χ4n) is 4.00. The van der Waals surface area contributed by atoms with E-state index in [-0.39, 0.29) is 0 Å². The number of piperidine rings is 1. The zero-order valence-corrected chi connectivity index (χ0v) is 14.0. The van der Waals surface area contributed by atoms with Gasteiger partial charge in [0.15, 0.2) is 0 Å². The Bertz CT molecular complexity index is 532. The van der Waals surface area contributed by atoms with Crippen LogP contribution in [0.3, 0.4) is 0 Å². The SMILES string of the molecule is Cc1ccc(CN2C3CCC2CC(CC(=O)O)C3)cc1Br. The Balaban J connectivity index is 1.67. The van der Waals surface area contributed by atoms with Crippen LogP contribution >= 0.6 is 15.9 Å². The maximum Gasteiger partial charge on any atom is 0.303 e. The number of carboxylic acid groups (broad SMARTS) is 1. The number of hydrogen-bond acceptors (Lipinski definition) is 2. The van der Waals surface area contributed by atoms with Crippen molar-refractivity contribution in [3.63, 3.8) is 0 Å². The van der Waals surface area contributed by atoms with E-state index in [1.807, 2.05) is 0 Å². The molecule has 0 aliphatic carbocycles. The molecule has 4 heteroatoms. The van der Waals surface area contributed by atoms with Gasteiger partial charge in [-0.1, -0.05) is 28.1 Å². The van der Waals surface area contributed by atoms with Gasteiger partial charge < -0.3 is 5.11 Å². The van der Waals surface area contributed by atoms with Gasteiger partial charge >= 0.3 is 5.97 Å². The summed E-state index contributed by atoms with van der Waals surface area (Å²) in [6, 6.07) is 7.75. The average molecular weight is 352 g/mol. The summed E-state index contributed by atoms with van der Waals surface area (Å²) in [5.74, 6) is -0.267. The number of aliphatic carboxylic acids is 1. The predicted octanol–water partition coefficient (Wildman–Crippen LogP) is 3.98. The Morgan fingerprint density at radius 2 is 2.00 bits per heavy atom. The van der Waals surface area contributed by atoms with E-state index < -0.39 is 5.97 Å². The van der Waals surface area contributed by atoms with Crippen molar-refractivity contribution in [2.24, 2.45) is 5.92 Å². The van der Waals surface area contributed by atoms with Crippen LogP contribution in [0.15, 0.2) is 22.7 Å². The number of hydrogen-bond donors (Lipinski definition) is 1. The fraction of sp³-hybridized carbons (Fsp3) is 0.588. The van der Waals surface area contributed by atoms with E-state index in [1.165, 1.54) is 28.4 Å². The number of carboxylic acids is 1. The maximum absolute atomic E-state index is 10.9. The lowest BCUT2D eigenvalue weighted by atomic mass is 9.88. The lowest BCUT2D eigenvalue weighted by Crippen LogP contribution is -2.42. The average Bonchev–Trinajstić information content (AvgIpc) is 2.65. The Kier molecular flexibility index (Phi) is 4.36. The minimum atomic E-state index is -0.643. The largest absolute Gasteiger partial charge is 0.481 e. The molecule has 21 heavy (non-hydrogen) atoms. The number of halogens is 1. The van der Waals surface area contributed by atoms with Gasteiger partial charge in [0, 0.05) is 29.5 Å². The number of carbonyl (C=O) groups is 1. The van der Waals surface area contributed by atoms with E-state index in [2.05, 4.69) is 46.0 Å². The monoisotopic (exact) mass is 351 g/mol. The van der Waals surface area contributed by atoms with Crippen molar-refractivity contribution in [3.8, 4) is 0 Å². The lowest BCUT2D eigenvalue weighted by Gasteiger charge is -2.38. The first-order valence-electron chi connectivity index (χ1n) is 7.75. The first-order chi connectivity index (χ1) is 10.0. The number of benzene rings is 1. The molecule has 1 N–H and O–H groups in total. The van der Waals surface area contributed by atoms with E-state index >= 15 is 0 Å². The highest BCUT2D eigenvalue weighted by Crippen LogP contribution is 2.40. The minimum Gasteiger partial charge on any atom is -0.481 e. The molecule has 3 nitrogen and oxygen atoms in total. The molecule has 2 aliphatic heterocycles. The summed E-state index contributed by atoms with van der Waals surface area (Å²) < 4.78 is 1.17. The number of rotatable bonds is 4. The first kappa shape index (κ1) is 15.0. The van der Waals surface area contributed by atoms with Crippen LogP contribution in [0.4, 0.5) is 0 Å². The molecule has 1 aromatic rings. The smallest absolute Gasteiger partial charge is 0.303 e. The van der Waals surface area contributed by atoms with Crippen molar-refractivity contribution in [2.45, 2.75) is 57.7 Å². The quantitative estimate of drug-likeness (QED) is 0.891. The third-order valence-electron chi connectivity index (χ3n) is 5.05. The zero-order chi connectivity index (χ0) is 15.0. The van der Waals surface area contributed by atoms with Crippen molar-refractivity contribution < 1.29 is 9.90 Å². The van der Waals surface area contributed by atoms with Crippen LogP contribution in [-0.4, -0.2) is 28.1 Å². The van der Waals surface area contributed by atoms with Crippen LogP contribution in [0.25, 0.3) is 0 Å². The molecule has 114 valence electrons. The number of fused-ring (bicyclic) bond motifs is 2. The molecule has 0 spiro atoms. The van der Waals surface area contributed by atoms with E-state index in [0.29, 0.717) is 24.4 Å². The van der Waals surface area contributed by atoms with Gasteiger partial charge in [-0.25, -0.2) is 0 Å². The topological polar surface area (TPSA) is 40.5 Å². The van der Waals surface area contributed by atoms with E-state index in [0.717, 1.165) is 19.4 Å². The molecule has 2 saturated heterocycles. The molecule has 2 heterocycles. The molecule has 2 aliphatic rings. The Morgan fingerprint density at radius 3 is 2.57 bits per heavy atom. The minimum absolute atomic E-state index is 0.344. The fourth-order valence-corrected chi connectivity index (χ4v) is 4.43. The third kappa shape index (κ3) is 3.32. The highest BCUT2D eigenvalue weighted by atomic mass is 79.9. The summed E-state index contributed by atoms with van der Waals surface area (Å²) in [5, 5.41) is 9.00. The van der Waals surface area contributed by atoms with Gasteiger partial charge in [-0.2, -0.15) is 0 Å². The van der Waals surface area contributed by atoms with Crippen molar-refractivity contribution in [3.05, 3.63) is 33.8 Å². The molecule has 3 rings (SSSR count). The molecule has 2 unspecified atom stereocenters. The van der Waals surface area contributed by atoms with Crippen LogP contribution in [0.2, 0.25) is 0 Å². The summed E-state index contributed by atoms with van der Waals surface area (Å²) in [6.07, 6.45) is 4.91. The standard InChI is InChI=1S/C17H22BrNO2/c1-11-2-3-12(8-16(11)18)10-19-14-4-5-15(19)7-13(6-14)9-17(20)21/h2-3,8,13-15H,4-7,9-10H2,1H3,(H,20,21). The van der Waals surface area contributed by atoms with Crippen molar-refractivity contribution in [1.82, 2.24) is 4.90 Å². The molecule has 2 bridgehead atoms. The molecule has 0 amide bonds. The molecular formula is C17H22BrNO2. The van der Waals surface area contributed by atoms with Crippen LogP contribution < -0.4 is 0 Å². The van der Waals surface area contributed by atoms with Gasteiger partial charge in [-0.05, 0) is 55.7 Å². The molecule has 1 aromatic carbocycles. The summed E-state index contributed by atoms with van der Waals surface area (Å²) >= 11 is 3.61. The molecule has 0 saturated carbocycles. The van der Waals surface area contributed by atoms with E-state index in [9.17, 15) is 4.79 Å². The summed E-state index contributed by atoms with van der Waals surface area (Å²) in [7, 11) is 0. The second-order valence-electron chi connectivity index (χ2n) is 6.58. The molecule has 2 atom stereocenters. The summed E-state index contributed by atoms with van der Waals surface area (Å²) in [4.78, 5) is 13.5. The lowest BCUT2D eigenvalue weighted by molar-refractivity contribution is -0.138. The molecule has 2 fully saturated rings. The van der Waals surface area contributed by atoms with Gasteiger partial charge in [-0.3, -0.25) is 9.69 Å². The van der Waals surface area contributed by atoms with Gasteiger partial charge in [0.05, 0.1) is 0 Å². The molecular weight excluding hydrogens is 330 g/mol. The maximum atomic E-state index is 10.9. The van der Waals surface area contributed by atoms with Crippen LogP contribution in [0, 0.1) is 12.8 Å². The second-order valence-corrected chi connectivity index (χ2v) is 7.43. The van der Waals surface area contributed by atoms with Gasteiger partial charge in [0.1, 0.15) is 0 Å².